The number of amides is 1. The number of hydrogen-bond donors (Lipinski definition) is 2. The van der Waals surface area contributed by atoms with Gasteiger partial charge < -0.3 is 10.6 Å². The number of nitro benzene ring substituents is 1. The third kappa shape index (κ3) is 3.94. The molecule has 1 atom stereocenters. The van der Waals surface area contributed by atoms with Crippen molar-refractivity contribution in [3.8, 4) is 0 Å². The van der Waals surface area contributed by atoms with E-state index in [-0.39, 0.29) is 16.5 Å². The van der Waals surface area contributed by atoms with E-state index >= 15 is 0 Å². The third-order valence-electron chi connectivity index (χ3n) is 5.43. The van der Waals surface area contributed by atoms with Crippen LogP contribution in [0.15, 0.2) is 65.1 Å². The van der Waals surface area contributed by atoms with E-state index in [1.165, 1.54) is 12.1 Å². The Morgan fingerprint density at radius 1 is 1.29 bits per heavy atom. The second-order valence-electron chi connectivity index (χ2n) is 7.40. The van der Waals surface area contributed by atoms with Gasteiger partial charge in [0.2, 0.25) is 0 Å². The van der Waals surface area contributed by atoms with Crippen LogP contribution in [0.5, 0.6) is 0 Å². The highest BCUT2D eigenvalue weighted by atomic mass is 35.5. The van der Waals surface area contributed by atoms with Crippen LogP contribution in [-0.2, 0) is 9.59 Å². The Balaban J connectivity index is 1.84. The maximum absolute atomic E-state index is 13.3. The molecule has 0 saturated heterocycles. The van der Waals surface area contributed by atoms with Gasteiger partial charge in [-0.05, 0) is 43.5 Å². The summed E-state index contributed by atoms with van der Waals surface area (Å²) in [6, 6.07) is 9.52. The normalized spacial score (nSPS) is 18.4. The summed E-state index contributed by atoms with van der Waals surface area (Å²) >= 11 is 6.00. The smallest absolute Gasteiger partial charge is 0.288 e. The Hall–Kier alpha value is -3.52. The predicted molar refractivity (Wildman–Crippen MR) is 115 cm³/mol. The summed E-state index contributed by atoms with van der Waals surface area (Å²) in [7, 11) is 0. The number of carbonyl (C=O) groups is 2. The predicted octanol–water partition coefficient (Wildman–Crippen LogP) is 4.25. The van der Waals surface area contributed by atoms with Crippen molar-refractivity contribution in [1.82, 2.24) is 10.3 Å². The Labute approximate surface area is 183 Å². The molecule has 1 aliphatic heterocycles. The van der Waals surface area contributed by atoms with Gasteiger partial charge in [0.25, 0.3) is 11.6 Å². The molecule has 1 amide bonds. The monoisotopic (exact) mass is 438 g/mol. The summed E-state index contributed by atoms with van der Waals surface area (Å²) in [6.07, 6.45) is 3.29. The first-order valence-electron chi connectivity index (χ1n) is 9.77. The molecular formula is C22H19ClN4O4. The van der Waals surface area contributed by atoms with Gasteiger partial charge in [-0.2, -0.15) is 0 Å². The van der Waals surface area contributed by atoms with Crippen LogP contribution in [0, 0.1) is 10.1 Å². The van der Waals surface area contributed by atoms with E-state index in [1.807, 2.05) is 0 Å². The van der Waals surface area contributed by atoms with Crippen molar-refractivity contribution >= 4 is 34.8 Å². The lowest BCUT2D eigenvalue weighted by Gasteiger charge is -2.34. The SMILES string of the molecule is CC1=C(C(=O)Nc2ccccn2)C(c2ccc(Cl)c([N+](=O)[O-])c2)C2=C(CCCC2=O)N1. The van der Waals surface area contributed by atoms with E-state index in [2.05, 4.69) is 15.6 Å². The van der Waals surface area contributed by atoms with Gasteiger partial charge in [-0.25, -0.2) is 4.98 Å². The van der Waals surface area contributed by atoms with Crippen LogP contribution >= 0.6 is 11.6 Å². The topological polar surface area (TPSA) is 114 Å². The summed E-state index contributed by atoms with van der Waals surface area (Å²) in [5, 5.41) is 17.4. The van der Waals surface area contributed by atoms with Crippen LogP contribution < -0.4 is 10.6 Å². The van der Waals surface area contributed by atoms with Crippen LogP contribution in [0.2, 0.25) is 5.02 Å². The Morgan fingerprint density at radius 2 is 2.10 bits per heavy atom. The molecule has 1 unspecified atom stereocenters. The zero-order chi connectivity index (χ0) is 22.1. The summed E-state index contributed by atoms with van der Waals surface area (Å²) in [5.41, 5.74) is 2.32. The van der Waals surface area contributed by atoms with Gasteiger partial charge >= 0.3 is 0 Å². The zero-order valence-electron chi connectivity index (χ0n) is 16.6. The fourth-order valence-electron chi connectivity index (χ4n) is 4.09. The van der Waals surface area contributed by atoms with Crippen molar-refractivity contribution in [3.63, 3.8) is 0 Å². The molecule has 1 aromatic heterocycles. The van der Waals surface area contributed by atoms with Crippen molar-refractivity contribution in [2.24, 2.45) is 0 Å². The lowest BCUT2D eigenvalue weighted by Crippen LogP contribution is -2.35. The van der Waals surface area contributed by atoms with E-state index in [1.54, 1.807) is 37.4 Å². The minimum absolute atomic E-state index is 0.00736. The second kappa shape index (κ2) is 8.31. The molecule has 2 aliphatic rings. The van der Waals surface area contributed by atoms with Gasteiger partial charge in [0.15, 0.2) is 5.78 Å². The molecule has 2 heterocycles. The number of nitrogens with zero attached hydrogens (tertiary/aromatic N) is 2. The largest absolute Gasteiger partial charge is 0.362 e. The number of hydrogen-bond acceptors (Lipinski definition) is 6. The fraction of sp³-hybridized carbons (Fsp3) is 0.227. The Kier molecular flexibility index (Phi) is 5.56. The fourth-order valence-corrected chi connectivity index (χ4v) is 4.27. The van der Waals surface area contributed by atoms with Crippen LogP contribution in [0.3, 0.4) is 0 Å². The van der Waals surface area contributed by atoms with Crippen LogP contribution in [0.1, 0.15) is 37.7 Å². The third-order valence-corrected chi connectivity index (χ3v) is 5.75. The van der Waals surface area contributed by atoms with Crippen LogP contribution in [-0.4, -0.2) is 21.6 Å². The van der Waals surface area contributed by atoms with Crippen molar-refractivity contribution in [2.75, 3.05) is 5.32 Å². The number of carbonyl (C=O) groups excluding carboxylic acids is 2. The first-order chi connectivity index (χ1) is 14.9. The molecule has 0 spiro atoms. The van der Waals surface area contributed by atoms with Gasteiger partial charge in [-0.1, -0.05) is 23.7 Å². The lowest BCUT2D eigenvalue weighted by molar-refractivity contribution is -0.384. The van der Waals surface area contributed by atoms with Crippen molar-refractivity contribution in [1.29, 1.82) is 0 Å². The van der Waals surface area contributed by atoms with Gasteiger partial charge in [0.05, 0.1) is 4.92 Å². The number of halogens is 1. The summed E-state index contributed by atoms with van der Waals surface area (Å²) < 4.78 is 0. The molecule has 1 aromatic carbocycles. The average molecular weight is 439 g/mol. The zero-order valence-corrected chi connectivity index (χ0v) is 17.4. The molecule has 0 saturated carbocycles. The summed E-state index contributed by atoms with van der Waals surface area (Å²) in [6.45, 7) is 1.76. The second-order valence-corrected chi connectivity index (χ2v) is 7.81. The first kappa shape index (κ1) is 20.7. The number of rotatable bonds is 4. The van der Waals surface area contributed by atoms with Gasteiger partial charge in [0.1, 0.15) is 10.8 Å². The van der Waals surface area contributed by atoms with E-state index in [9.17, 15) is 19.7 Å². The van der Waals surface area contributed by atoms with Crippen molar-refractivity contribution in [2.45, 2.75) is 32.1 Å². The first-order valence-corrected chi connectivity index (χ1v) is 10.1. The molecule has 2 aromatic rings. The number of anilines is 1. The number of Topliss-reactive ketones (excluding diaryl/α,β-unsaturated/α-hetero) is 1. The molecule has 0 radical (unpaired) electrons. The van der Waals surface area contributed by atoms with Crippen molar-refractivity contribution < 1.29 is 14.5 Å². The van der Waals surface area contributed by atoms with Gasteiger partial charge in [-0.3, -0.25) is 19.7 Å². The molecular weight excluding hydrogens is 420 g/mol. The number of nitro groups is 1. The number of allylic oxidation sites excluding steroid dienone is 3. The van der Waals surface area contributed by atoms with E-state index in [0.717, 1.165) is 5.70 Å². The number of dihydropyridines is 1. The maximum atomic E-state index is 13.3. The molecule has 1 aliphatic carbocycles. The van der Waals surface area contributed by atoms with Crippen molar-refractivity contribution in [3.05, 3.63) is 85.8 Å². The standard InChI is InChI=1S/C22H19ClN4O4/c1-12-19(22(29)26-18-7-2-3-10-24-18)20(21-15(25-12)5-4-6-17(21)28)13-8-9-14(23)16(11-13)27(30)31/h2-3,7-11,20,25H,4-6H2,1H3,(H,24,26,29). The van der Waals surface area contributed by atoms with E-state index in [4.69, 9.17) is 11.6 Å². The van der Waals surface area contributed by atoms with Crippen LogP contribution in [0.25, 0.3) is 0 Å². The van der Waals surface area contributed by atoms with Crippen LogP contribution in [0.4, 0.5) is 11.5 Å². The van der Waals surface area contributed by atoms with E-state index < -0.39 is 16.7 Å². The molecule has 158 valence electrons. The quantitative estimate of drug-likeness (QED) is 0.544. The highest BCUT2D eigenvalue weighted by Crippen LogP contribution is 2.43. The Morgan fingerprint density at radius 3 is 2.81 bits per heavy atom. The lowest BCUT2D eigenvalue weighted by atomic mass is 9.75. The number of aromatic nitrogens is 1. The molecule has 31 heavy (non-hydrogen) atoms. The number of ketones is 1. The molecule has 9 heteroatoms. The minimum Gasteiger partial charge on any atom is -0.362 e. The maximum Gasteiger partial charge on any atom is 0.288 e. The van der Waals surface area contributed by atoms with Gasteiger partial charge in [0, 0.05) is 47.1 Å². The summed E-state index contributed by atoms with van der Waals surface area (Å²) in [5.74, 6) is -0.893. The number of pyridine rings is 1. The molecule has 0 bridgehead atoms. The summed E-state index contributed by atoms with van der Waals surface area (Å²) in [4.78, 5) is 41.2. The molecule has 4 rings (SSSR count). The van der Waals surface area contributed by atoms with Gasteiger partial charge in [-0.15, -0.1) is 0 Å². The molecule has 0 fully saturated rings. The Bertz CT molecular complexity index is 1160. The molecule has 8 nitrogen and oxygen atoms in total. The average Bonchev–Trinajstić information content (AvgIpc) is 2.73. The highest BCUT2D eigenvalue weighted by Gasteiger charge is 2.39. The molecule has 2 N–H and O–H groups in total. The highest BCUT2D eigenvalue weighted by molar-refractivity contribution is 6.32. The number of nitrogens with one attached hydrogen (secondary N) is 2. The van der Waals surface area contributed by atoms with E-state index in [0.29, 0.717) is 47.5 Å². The minimum atomic E-state index is -0.747. The number of benzene rings is 1.